The lowest BCUT2D eigenvalue weighted by Crippen LogP contribution is -2.44. The molecule has 1 aliphatic rings. The molecule has 0 radical (unpaired) electrons. The van der Waals surface area contributed by atoms with Crippen molar-refractivity contribution in [1.82, 2.24) is 10.6 Å². The smallest absolute Gasteiger partial charge is 0.319 e. The molecule has 0 saturated heterocycles. The average Bonchev–Trinajstić information content (AvgIpc) is 3.03. The van der Waals surface area contributed by atoms with Crippen LogP contribution < -0.4 is 10.6 Å². The third kappa shape index (κ3) is 3.18. The maximum atomic E-state index is 12.0. The van der Waals surface area contributed by atoms with Gasteiger partial charge in [-0.05, 0) is 32.0 Å². The van der Waals surface area contributed by atoms with Crippen LogP contribution in [0.2, 0.25) is 5.02 Å². The summed E-state index contributed by atoms with van der Waals surface area (Å²) in [4.78, 5) is 34.2. The predicted molar refractivity (Wildman–Crippen MR) is 93.6 cm³/mol. The molecule has 8 nitrogen and oxygen atoms in total. The minimum atomic E-state index is -0.757. The van der Waals surface area contributed by atoms with Crippen LogP contribution in [0.25, 0.3) is 11.3 Å². The van der Waals surface area contributed by atoms with Gasteiger partial charge < -0.3 is 15.1 Å². The quantitative estimate of drug-likeness (QED) is 0.624. The summed E-state index contributed by atoms with van der Waals surface area (Å²) in [7, 11) is 0. The predicted octanol–water partition coefficient (Wildman–Crippen LogP) is 3.73. The van der Waals surface area contributed by atoms with E-state index in [-0.39, 0.29) is 16.5 Å². The number of nitro benzene ring substituents is 1. The highest BCUT2D eigenvalue weighted by Gasteiger charge is 2.31. The Morgan fingerprint density at radius 2 is 2.04 bits per heavy atom. The van der Waals surface area contributed by atoms with Crippen LogP contribution in [0, 0.1) is 10.1 Å². The molecule has 1 atom stereocenters. The van der Waals surface area contributed by atoms with Gasteiger partial charge in [0.15, 0.2) is 5.78 Å². The molecule has 0 saturated carbocycles. The van der Waals surface area contributed by atoms with Gasteiger partial charge in [0.1, 0.15) is 17.6 Å². The van der Waals surface area contributed by atoms with Gasteiger partial charge in [0.2, 0.25) is 0 Å². The number of nitrogens with one attached hydrogen (secondary N) is 2. The number of rotatable bonds is 4. The number of amides is 2. The number of Topliss-reactive ketones (excluding diaryl/α,β-unsaturated/α-hetero) is 1. The first-order valence-corrected chi connectivity index (χ1v) is 7.99. The van der Waals surface area contributed by atoms with Crippen molar-refractivity contribution in [2.75, 3.05) is 0 Å². The topological polar surface area (TPSA) is 114 Å². The first kappa shape index (κ1) is 17.7. The minimum absolute atomic E-state index is 0.127. The third-order valence-corrected chi connectivity index (χ3v) is 4.32. The van der Waals surface area contributed by atoms with Gasteiger partial charge in [0.25, 0.3) is 5.69 Å². The highest BCUT2D eigenvalue weighted by molar-refractivity contribution is 6.33. The van der Waals surface area contributed by atoms with Gasteiger partial charge in [-0.25, -0.2) is 4.79 Å². The van der Waals surface area contributed by atoms with Gasteiger partial charge in [-0.3, -0.25) is 14.9 Å². The van der Waals surface area contributed by atoms with Crippen molar-refractivity contribution in [2.45, 2.75) is 19.9 Å². The number of allylic oxidation sites excluding steroid dienone is 1. The zero-order valence-electron chi connectivity index (χ0n) is 13.8. The van der Waals surface area contributed by atoms with Gasteiger partial charge in [0.05, 0.1) is 9.95 Å². The summed E-state index contributed by atoms with van der Waals surface area (Å²) >= 11 is 6.13. The molecule has 26 heavy (non-hydrogen) atoms. The van der Waals surface area contributed by atoms with Crippen molar-refractivity contribution in [2.24, 2.45) is 0 Å². The molecule has 2 aromatic rings. The molecule has 0 bridgehead atoms. The van der Waals surface area contributed by atoms with Crippen LogP contribution in [0.3, 0.4) is 0 Å². The summed E-state index contributed by atoms with van der Waals surface area (Å²) in [6.07, 6.45) is 0. The van der Waals surface area contributed by atoms with E-state index in [9.17, 15) is 19.7 Å². The van der Waals surface area contributed by atoms with Crippen molar-refractivity contribution >= 4 is 29.1 Å². The zero-order chi connectivity index (χ0) is 19.0. The Morgan fingerprint density at radius 1 is 1.31 bits per heavy atom. The Kier molecular flexibility index (Phi) is 4.52. The lowest BCUT2D eigenvalue weighted by atomic mass is 9.97. The fourth-order valence-electron chi connectivity index (χ4n) is 2.84. The highest BCUT2D eigenvalue weighted by atomic mass is 35.5. The molecular formula is C17H14ClN3O5. The SMILES string of the molecule is CC(=O)C1=C(C)NC(=O)N[C@H]1c1ccc(-c2cc([N+](=O)[O-])ccc2Cl)o1. The Hall–Kier alpha value is -3.13. The molecule has 0 spiro atoms. The molecule has 2 amide bonds. The molecule has 9 heteroatoms. The van der Waals surface area contributed by atoms with Gasteiger partial charge in [-0.2, -0.15) is 0 Å². The van der Waals surface area contributed by atoms with Crippen LogP contribution in [0.4, 0.5) is 10.5 Å². The summed E-state index contributed by atoms with van der Waals surface area (Å²) in [6.45, 7) is 3.02. The Bertz CT molecular complexity index is 963. The standard InChI is InChI=1S/C17H14ClN3O5/c1-8-15(9(2)22)16(20-17(23)19-8)14-6-5-13(26-14)11-7-10(21(24)25)3-4-12(11)18/h3-7,16H,1-2H3,(H2,19,20,23)/t16-/m0/s1. The van der Waals surface area contributed by atoms with Gasteiger partial charge >= 0.3 is 6.03 Å². The lowest BCUT2D eigenvalue weighted by molar-refractivity contribution is -0.384. The van der Waals surface area contributed by atoms with E-state index >= 15 is 0 Å². The molecule has 2 heterocycles. The summed E-state index contributed by atoms with van der Waals surface area (Å²) in [6, 6.07) is 5.98. The van der Waals surface area contributed by atoms with Crippen LogP contribution in [0.1, 0.15) is 25.6 Å². The molecule has 1 aromatic heterocycles. The van der Waals surface area contributed by atoms with E-state index in [4.69, 9.17) is 16.0 Å². The fourth-order valence-corrected chi connectivity index (χ4v) is 3.05. The normalized spacial score (nSPS) is 16.9. The molecule has 3 rings (SSSR count). The number of nitrogens with zero attached hydrogens (tertiary/aromatic N) is 1. The summed E-state index contributed by atoms with van der Waals surface area (Å²) in [5.41, 5.74) is 1.03. The number of nitro groups is 1. The van der Waals surface area contributed by atoms with Gasteiger partial charge in [0, 0.05) is 29.0 Å². The van der Waals surface area contributed by atoms with Crippen LogP contribution in [0.5, 0.6) is 0 Å². The van der Waals surface area contributed by atoms with E-state index in [0.717, 1.165) is 0 Å². The maximum Gasteiger partial charge on any atom is 0.319 e. The van der Waals surface area contributed by atoms with Crippen LogP contribution in [-0.2, 0) is 4.79 Å². The van der Waals surface area contributed by atoms with E-state index in [2.05, 4.69) is 10.6 Å². The Balaban J connectivity index is 2.04. The number of ketones is 1. The number of furan rings is 1. The number of halogens is 1. The van der Waals surface area contributed by atoms with Crippen LogP contribution in [-0.4, -0.2) is 16.7 Å². The van der Waals surface area contributed by atoms with E-state index in [0.29, 0.717) is 28.4 Å². The van der Waals surface area contributed by atoms with Crippen molar-refractivity contribution in [3.8, 4) is 11.3 Å². The average molecular weight is 376 g/mol. The largest absolute Gasteiger partial charge is 0.458 e. The van der Waals surface area contributed by atoms with Crippen molar-refractivity contribution in [3.63, 3.8) is 0 Å². The summed E-state index contributed by atoms with van der Waals surface area (Å²) in [5, 5.41) is 16.4. The number of hydrogen-bond acceptors (Lipinski definition) is 5. The first-order chi connectivity index (χ1) is 12.3. The van der Waals surface area contributed by atoms with Gasteiger partial charge in [-0.1, -0.05) is 11.6 Å². The second kappa shape index (κ2) is 6.64. The fraction of sp³-hybridized carbons (Fsp3) is 0.176. The lowest BCUT2D eigenvalue weighted by Gasteiger charge is -2.26. The number of carbonyl (C=O) groups excluding carboxylic acids is 2. The van der Waals surface area contributed by atoms with E-state index in [1.807, 2.05) is 0 Å². The van der Waals surface area contributed by atoms with Crippen molar-refractivity contribution < 1.29 is 18.9 Å². The van der Waals surface area contributed by atoms with Crippen molar-refractivity contribution in [1.29, 1.82) is 0 Å². The molecule has 1 aliphatic heterocycles. The highest BCUT2D eigenvalue weighted by Crippen LogP contribution is 2.36. The van der Waals surface area contributed by atoms with Crippen molar-refractivity contribution in [3.05, 3.63) is 62.5 Å². The molecule has 0 unspecified atom stereocenters. The van der Waals surface area contributed by atoms with Gasteiger partial charge in [-0.15, -0.1) is 0 Å². The number of benzene rings is 1. The minimum Gasteiger partial charge on any atom is -0.458 e. The number of urea groups is 1. The molecule has 2 N–H and O–H groups in total. The zero-order valence-corrected chi connectivity index (χ0v) is 14.6. The van der Waals surface area contributed by atoms with E-state index in [1.54, 1.807) is 19.1 Å². The summed E-state index contributed by atoms with van der Waals surface area (Å²) < 4.78 is 5.77. The first-order valence-electron chi connectivity index (χ1n) is 7.61. The third-order valence-electron chi connectivity index (χ3n) is 3.99. The van der Waals surface area contributed by atoms with E-state index < -0.39 is 17.0 Å². The number of hydrogen-bond donors (Lipinski definition) is 2. The maximum absolute atomic E-state index is 12.0. The number of carbonyl (C=O) groups is 2. The molecule has 0 fully saturated rings. The Morgan fingerprint density at radius 3 is 2.69 bits per heavy atom. The number of non-ortho nitro benzene ring substituents is 1. The monoisotopic (exact) mass is 375 g/mol. The van der Waals surface area contributed by atoms with Crippen LogP contribution >= 0.6 is 11.6 Å². The molecule has 1 aromatic carbocycles. The second-order valence-electron chi connectivity index (χ2n) is 5.75. The molecule has 0 aliphatic carbocycles. The second-order valence-corrected chi connectivity index (χ2v) is 6.16. The van der Waals surface area contributed by atoms with E-state index in [1.165, 1.54) is 25.1 Å². The summed E-state index contributed by atoms with van der Waals surface area (Å²) in [5.74, 6) is 0.398. The molecular weight excluding hydrogens is 362 g/mol. The van der Waals surface area contributed by atoms with Crippen LogP contribution in [0.15, 0.2) is 46.0 Å². The molecule has 134 valence electrons. The Labute approximate surface area is 153 Å².